The van der Waals surface area contributed by atoms with Crippen molar-refractivity contribution in [3.63, 3.8) is 0 Å². The summed E-state index contributed by atoms with van der Waals surface area (Å²) in [5, 5.41) is 3.44. The molecule has 0 aliphatic heterocycles. The van der Waals surface area contributed by atoms with Crippen molar-refractivity contribution < 1.29 is 9.47 Å². The maximum absolute atomic E-state index is 5.73. The van der Waals surface area contributed by atoms with Gasteiger partial charge in [-0.05, 0) is 32.0 Å². The predicted molar refractivity (Wildman–Crippen MR) is 86.2 cm³/mol. The fraction of sp³-hybridized carbons (Fsp3) is 0.647. The number of likely N-dealkylation sites (N-methyl/N-ethyl adjacent to an activating group) is 1. The van der Waals surface area contributed by atoms with Gasteiger partial charge in [-0.2, -0.15) is 0 Å². The molecule has 1 N–H and O–H groups in total. The van der Waals surface area contributed by atoms with Crippen molar-refractivity contribution >= 4 is 0 Å². The number of methoxy groups -OCH3 is 1. The van der Waals surface area contributed by atoms with E-state index in [1.165, 1.54) is 25.7 Å². The van der Waals surface area contributed by atoms with Crippen LogP contribution in [0.3, 0.4) is 0 Å². The lowest BCUT2D eigenvalue weighted by atomic mass is 10.2. The van der Waals surface area contributed by atoms with Crippen molar-refractivity contribution in [3.05, 3.63) is 24.3 Å². The van der Waals surface area contributed by atoms with Crippen molar-refractivity contribution in [2.24, 2.45) is 0 Å². The van der Waals surface area contributed by atoms with Crippen molar-refractivity contribution in [1.29, 1.82) is 0 Å². The summed E-state index contributed by atoms with van der Waals surface area (Å²) in [6.45, 7) is 3.64. The van der Waals surface area contributed by atoms with E-state index in [9.17, 15) is 0 Å². The molecule has 1 saturated carbocycles. The maximum Gasteiger partial charge on any atom is 0.161 e. The number of nitrogens with zero attached hydrogens (tertiary/aromatic N) is 1. The van der Waals surface area contributed by atoms with Crippen LogP contribution in [-0.4, -0.2) is 51.3 Å². The van der Waals surface area contributed by atoms with Crippen LogP contribution in [0.2, 0.25) is 0 Å². The van der Waals surface area contributed by atoms with Gasteiger partial charge in [0.15, 0.2) is 11.5 Å². The SMILES string of the molecule is COc1ccccc1OCCNCCN(C)C1CCCC1. The molecule has 1 aromatic rings. The highest BCUT2D eigenvalue weighted by Crippen LogP contribution is 2.25. The minimum absolute atomic E-state index is 0.660. The van der Waals surface area contributed by atoms with Gasteiger partial charge in [-0.15, -0.1) is 0 Å². The van der Waals surface area contributed by atoms with Crippen LogP contribution in [-0.2, 0) is 0 Å². The number of ether oxygens (including phenoxy) is 2. The Morgan fingerprint density at radius 3 is 2.57 bits per heavy atom. The molecule has 0 saturated heterocycles. The Morgan fingerprint density at radius 2 is 1.86 bits per heavy atom. The summed E-state index contributed by atoms with van der Waals surface area (Å²) >= 11 is 0. The van der Waals surface area contributed by atoms with Gasteiger partial charge < -0.3 is 19.7 Å². The van der Waals surface area contributed by atoms with E-state index >= 15 is 0 Å². The van der Waals surface area contributed by atoms with E-state index in [4.69, 9.17) is 9.47 Å². The third-order valence-corrected chi connectivity index (χ3v) is 4.19. The third-order valence-electron chi connectivity index (χ3n) is 4.19. The Labute approximate surface area is 128 Å². The van der Waals surface area contributed by atoms with Gasteiger partial charge in [-0.3, -0.25) is 0 Å². The van der Waals surface area contributed by atoms with Gasteiger partial charge in [0.05, 0.1) is 7.11 Å². The number of benzene rings is 1. The van der Waals surface area contributed by atoms with Gasteiger partial charge >= 0.3 is 0 Å². The highest BCUT2D eigenvalue weighted by Gasteiger charge is 2.18. The number of hydrogen-bond acceptors (Lipinski definition) is 4. The second kappa shape index (κ2) is 8.90. The first-order valence-electron chi connectivity index (χ1n) is 7.98. The van der Waals surface area contributed by atoms with Crippen LogP contribution in [0.15, 0.2) is 24.3 Å². The monoisotopic (exact) mass is 292 g/mol. The van der Waals surface area contributed by atoms with Crippen molar-refractivity contribution in [3.8, 4) is 11.5 Å². The molecule has 0 aromatic heterocycles. The fourth-order valence-corrected chi connectivity index (χ4v) is 2.88. The fourth-order valence-electron chi connectivity index (χ4n) is 2.88. The maximum atomic E-state index is 5.73. The van der Waals surface area contributed by atoms with Gasteiger partial charge in [0.25, 0.3) is 0 Å². The molecule has 0 unspecified atom stereocenters. The molecule has 118 valence electrons. The Kier molecular flexibility index (Phi) is 6.83. The van der Waals surface area contributed by atoms with E-state index in [0.717, 1.165) is 37.2 Å². The van der Waals surface area contributed by atoms with Crippen LogP contribution in [0, 0.1) is 0 Å². The molecule has 0 radical (unpaired) electrons. The molecule has 0 amide bonds. The number of nitrogens with one attached hydrogen (secondary N) is 1. The zero-order valence-electron chi connectivity index (χ0n) is 13.3. The van der Waals surface area contributed by atoms with E-state index in [0.29, 0.717) is 6.61 Å². The van der Waals surface area contributed by atoms with Gasteiger partial charge in [-0.1, -0.05) is 25.0 Å². The average molecular weight is 292 g/mol. The largest absolute Gasteiger partial charge is 0.493 e. The Bertz CT molecular complexity index is 406. The lowest BCUT2D eigenvalue weighted by Crippen LogP contribution is -2.36. The van der Waals surface area contributed by atoms with E-state index in [1.54, 1.807) is 7.11 Å². The quantitative estimate of drug-likeness (QED) is 0.709. The van der Waals surface area contributed by atoms with Gasteiger partial charge in [0.1, 0.15) is 6.61 Å². The molecule has 0 spiro atoms. The summed E-state index contributed by atoms with van der Waals surface area (Å²) in [6, 6.07) is 8.56. The molecule has 1 aliphatic carbocycles. The topological polar surface area (TPSA) is 33.7 Å². The molecule has 1 fully saturated rings. The Hall–Kier alpha value is -1.26. The van der Waals surface area contributed by atoms with E-state index in [2.05, 4.69) is 17.3 Å². The molecule has 1 aromatic carbocycles. The molecule has 0 atom stereocenters. The summed E-state index contributed by atoms with van der Waals surface area (Å²) in [5.74, 6) is 1.60. The van der Waals surface area contributed by atoms with E-state index in [1.807, 2.05) is 24.3 Å². The van der Waals surface area contributed by atoms with Crippen molar-refractivity contribution in [1.82, 2.24) is 10.2 Å². The number of para-hydroxylation sites is 2. The van der Waals surface area contributed by atoms with Crippen LogP contribution in [0.1, 0.15) is 25.7 Å². The van der Waals surface area contributed by atoms with Gasteiger partial charge in [0, 0.05) is 25.7 Å². The van der Waals surface area contributed by atoms with Crippen LogP contribution >= 0.6 is 0 Å². The van der Waals surface area contributed by atoms with Crippen molar-refractivity contribution in [2.75, 3.05) is 40.4 Å². The molecule has 2 rings (SSSR count). The lowest BCUT2D eigenvalue weighted by molar-refractivity contribution is 0.240. The average Bonchev–Trinajstić information content (AvgIpc) is 3.05. The van der Waals surface area contributed by atoms with Crippen LogP contribution in [0.4, 0.5) is 0 Å². The summed E-state index contributed by atoms with van der Waals surface area (Å²) < 4.78 is 11.0. The first-order valence-corrected chi connectivity index (χ1v) is 7.98. The standard InChI is InChI=1S/C17H28N2O2/c1-19(15-7-3-4-8-15)13-11-18-12-14-21-17-10-6-5-9-16(17)20-2/h5-6,9-10,15,18H,3-4,7-8,11-14H2,1-2H3. The molecule has 0 bridgehead atoms. The van der Waals surface area contributed by atoms with Crippen LogP contribution in [0.25, 0.3) is 0 Å². The predicted octanol–water partition coefficient (Wildman–Crippen LogP) is 2.54. The van der Waals surface area contributed by atoms with Gasteiger partial charge in [0.2, 0.25) is 0 Å². The Balaban J connectivity index is 1.55. The molecular weight excluding hydrogens is 264 g/mol. The number of rotatable bonds is 9. The first kappa shape index (κ1) is 16.1. The highest BCUT2D eigenvalue weighted by atomic mass is 16.5. The van der Waals surface area contributed by atoms with E-state index in [-0.39, 0.29) is 0 Å². The highest BCUT2D eigenvalue weighted by molar-refractivity contribution is 5.39. The smallest absolute Gasteiger partial charge is 0.161 e. The first-order chi connectivity index (χ1) is 10.3. The summed E-state index contributed by atoms with van der Waals surface area (Å²) in [6.07, 6.45) is 5.53. The normalized spacial score (nSPS) is 15.6. The molecule has 4 heteroatoms. The Morgan fingerprint density at radius 1 is 1.14 bits per heavy atom. The summed E-state index contributed by atoms with van der Waals surface area (Å²) in [5.41, 5.74) is 0. The third kappa shape index (κ3) is 5.21. The molecule has 21 heavy (non-hydrogen) atoms. The molecule has 4 nitrogen and oxygen atoms in total. The minimum atomic E-state index is 0.660. The molecular formula is C17H28N2O2. The molecule has 1 aliphatic rings. The van der Waals surface area contributed by atoms with Crippen molar-refractivity contribution in [2.45, 2.75) is 31.7 Å². The van der Waals surface area contributed by atoms with Gasteiger partial charge in [-0.25, -0.2) is 0 Å². The minimum Gasteiger partial charge on any atom is -0.493 e. The van der Waals surface area contributed by atoms with Crippen LogP contribution in [0.5, 0.6) is 11.5 Å². The lowest BCUT2D eigenvalue weighted by Gasteiger charge is -2.24. The second-order valence-electron chi connectivity index (χ2n) is 5.67. The summed E-state index contributed by atoms with van der Waals surface area (Å²) in [4.78, 5) is 2.49. The molecule has 0 heterocycles. The second-order valence-corrected chi connectivity index (χ2v) is 5.67. The number of hydrogen-bond donors (Lipinski definition) is 1. The van der Waals surface area contributed by atoms with E-state index < -0.39 is 0 Å². The zero-order chi connectivity index (χ0) is 14.9. The zero-order valence-corrected chi connectivity index (χ0v) is 13.3. The summed E-state index contributed by atoms with van der Waals surface area (Å²) in [7, 11) is 3.91. The van der Waals surface area contributed by atoms with Crippen LogP contribution < -0.4 is 14.8 Å².